The molecule has 7 nitrogen and oxygen atoms in total. The molecule has 3 rings (SSSR count). The van der Waals surface area contributed by atoms with Crippen LogP contribution in [0, 0.1) is 5.82 Å². The van der Waals surface area contributed by atoms with Crippen LogP contribution in [0.5, 0.6) is 11.5 Å². The van der Waals surface area contributed by atoms with Crippen molar-refractivity contribution in [1.82, 2.24) is 14.8 Å². The molecule has 0 aliphatic rings. The van der Waals surface area contributed by atoms with E-state index in [2.05, 4.69) is 15.5 Å². The number of amides is 1. The maximum Gasteiger partial charge on any atom is 0.234 e. The summed E-state index contributed by atoms with van der Waals surface area (Å²) in [5.74, 6) is 1.43. The van der Waals surface area contributed by atoms with Crippen molar-refractivity contribution in [2.45, 2.75) is 38.1 Å². The van der Waals surface area contributed by atoms with Crippen LogP contribution in [0.3, 0.4) is 0 Å². The lowest BCUT2D eigenvalue weighted by atomic mass is 10.3. The van der Waals surface area contributed by atoms with Crippen LogP contribution in [-0.2, 0) is 4.79 Å². The Kier molecular flexibility index (Phi) is 7.51. The summed E-state index contributed by atoms with van der Waals surface area (Å²) in [6.45, 7) is 5.88. The molecule has 2 aromatic carbocycles. The molecule has 0 aliphatic carbocycles. The molecule has 1 N–H and O–H groups in total. The number of nitrogens with one attached hydrogen (secondary N) is 1. The zero-order valence-corrected chi connectivity index (χ0v) is 18.6. The van der Waals surface area contributed by atoms with Crippen molar-refractivity contribution in [1.29, 1.82) is 0 Å². The van der Waals surface area contributed by atoms with Gasteiger partial charge in [-0.1, -0.05) is 23.9 Å². The number of aromatic nitrogens is 3. The molecule has 1 aromatic heterocycles. The number of rotatable bonds is 9. The Morgan fingerprint density at radius 1 is 1.13 bits per heavy atom. The van der Waals surface area contributed by atoms with E-state index in [0.717, 1.165) is 0 Å². The van der Waals surface area contributed by atoms with Gasteiger partial charge >= 0.3 is 0 Å². The smallest absolute Gasteiger partial charge is 0.234 e. The maximum atomic E-state index is 13.1. The number of carbonyl (C=O) groups is 1. The van der Waals surface area contributed by atoms with Gasteiger partial charge in [-0.15, -0.1) is 10.2 Å². The van der Waals surface area contributed by atoms with Crippen LogP contribution in [0.1, 0.15) is 38.7 Å². The maximum absolute atomic E-state index is 13.1. The molecule has 164 valence electrons. The number of thioether (sulfide) groups is 1. The van der Waals surface area contributed by atoms with E-state index in [0.29, 0.717) is 28.2 Å². The molecule has 0 radical (unpaired) electrons. The summed E-state index contributed by atoms with van der Waals surface area (Å²) in [7, 11) is 1.56. The van der Waals surface area contributed by atoms with Crippen molar-refractivity contribution in [3.63, 3.8) is 0 Å². The first-order valence-electron chi connectivity index (χ1n) is 9.81. The SMILES string of the molecule is COc1ccccc1NC(=O)CSc1nnc(C(C)Oc2ccc(F)cc2)n1C(C)C. The van der Waals surface area contributed by atoms with Crippen LogP contribution < -0.4 is 14.8 Å². The van der Waals surface area contributed by atoms with Crippen molar-refractivity contribution in [3.05, 3.63) is 60.2 Å². The molecule has 0 bridgehead atoms. The van der Waals surface area contributed by atoms with Gasteiger partial charge in [-0.2, -0.15) is 0 Å². The Bertz CT molecular complexity index is 1020. The number of halogens is 1. The number of methoxy groups -OCH3 is 1. The molecular weight excluding hydrogens is 419 g/mol. The summed E-state index contributed by atoms with van der Waals surface area (Å²) in [6.07, 6.45) is -0.405. The van der Waals surface area contributed by atoms with Gasteiger partial charge in [-0.25, -0.2) is 4.39 Å². The number of hydrogen-bond donors (Lipinski definition) is 1. The fourth-order valence-electron chi connectivity index (χ4n) is 2.98. The molecule has 0 saturated carbocycles. The van der Waals surface area contributed by atoms with E-state index in [4.69, 9.17) is 9.47 Å². The second-order valence-electron chi connectivity index (χ2n) is 7.06. The third-order valence-corrected chi connectivity index (χ3v) is 5.35. The Morgan fingerprint density at radius 3 is 2.52 bits per heavy atom. The lowest BCUT2D eigenvalue weighted by Crippen LogP contribution is -2.17. The Balaban J connectivity index is 1.68. The number of anilines is 1. The Hall–Kier alpha value is -3.07. The first-order valence-corrected chi connectivity index (χ1v) is 10.8. The predicted molar refractivity (Wildman–Crippen MR) is 118 cm³/mol. The highest BCUT2D eigenvalue weighted by Gasteiger charge is 2.22. The Morgan fingerprint density at radius 2 is 1.84 bits per heavy atom. The van der Waals surface area contributed by atoms with Crippen molar-refractivity contribution in [2.75, 3.05) is 18.2 Å². The highest BCUT2D eigenvalue weighted by molar-refractivity contribution is 7.99. The van der Waals surface area contributed by atoms with E-state index in [-0.39, 0.29) is 23.5 Å². The van der Waals surface area contributed by atoms with Crippen LogP contribution in [0.25, 0.3) is 0 Å². The second-order valence-corrected chi connectivity index (χ2v) is 8.00. The molecule has 1 heterocycles. The highest BCUT2D eigenvalue weighted by atomic mass is 32.2. The normalized spacial score (nSPS) is 11.9. The van der Waals surface area contributed by atoms with E-state index >= 15 is 0 Å². The molecule has 1 atom stereocenters. The van der Waals surface area contributed by atoms with Gasteiger partial charge in [0.05, 0.1) is 18.6 Å². The minimum atomic E-state index is -0.405. The summed E-state index contributed by atoms with van der Waals surface area (Å²) in [4.78, 5) is 12.4. The van der Waals surface area contributed by atoms with Gasteiger partial charge in [0.15, 0.2) is 17.1 Å². The van der Waals surface area contributed by atoms with Gasteiger partial charge in [-0.3, -0.25) is 4.79 Å². The van der Waals surface area contributed by atoms with Crippen LogP contribution in [-0.4, -0.2) is 33.5 Å². The van der Waals surface area contributed by atoms with E-state index in [9.17, 15) is 9.18 Å². The zero-order valence-electron chi connectivity index (χ0n) is 17.8. The lowest BCUT2D eigenvalue weighted by Gasteiger charge is -2.19. The third-order valence-electron chi connectivity index (χ3n) is 4.41. The fourth-order valence-corrected chi connectivity index (χ4v) is 3.86. The number of hydrogen-bond acceptors (Lipinski definition) is 6. The summed E-state index contributed by atoms with van der Waals surface area (Å²) in [5, 5.41) is 12.0. The van der Waals surface area contributed by atoms with Gasteiger partial charge < -0.3 is 19.4 Å². The molecule has 1 amide bonds. The fraction of sp³-hybridized carbons (Fsp3) is 0.318. The lowest BCUT2D eigenvalue weighted by molar-refractivity contribution is -0.113. The van der Waals surface area contributed by atoms with E-state index in [1.807, 2.05) is 37.5 Å². The molecular formula is C22H25FN4O3S. The monoisotopic (exact) mass is 444 g/mol. The van der Waals surface area contributed by atoms with Crippen molar-refractivity contribution < 1.29 is 18.7 Å². The molecule has 0 aliphatic heterocycles. The van der Waals surface area contributed by atoms with Gasteiger partial charge in [-0.05, 0) is 57.2 Å². The molecule has 0 spiro atoms. The van der Waals surface area contributed by atoms with Crippen LogP contribution in [0.15, 0.2) is 53.7 Å². The third kappa shape index (κ3) is 5.75. The quantitative estimate of drug-likeness (QED) is 0.474. The Labute approximate surface area is 185 Å². The molecule has 9 heteroatoms. The minimum absolute atomic E-state index is 0.0593. The molecule has 3 aromatic rings. The molecule has 1 unspecified atom stereocenters. The zero-order chi connectivity index (χ0) is 22.4. The van der Waals surface area contributed by atoms with Gasteiger partial charge in [0.1, 0.15) is 17.3 Å². The molecule has 0 fully saturated rings. The summed E-state index contributed by atoms with van der Waals surface area (Å²) in [6, 6.07) is 13.1. The summed E-state index contributed by atoms with van der Waals surface area (Å²) in [5.41, 5.74) is 0.614. The molecule has 31 heavy (non-hydrogen) atoms. The topological polar surface area (TPSA) is 78.3 Å². The van der Waals surface area contributed by atoms with Crippen LogP contribution >= 0.6 is 11.8 Å². The van der Waals surface area contributed by atoms with E-state index < -0.39 is 6.10 Å². The molecule has 0 saturated heterocycles. The van der Waals surface area contributed by atoms with Crippen molar-refractivity contribution >= 4 is 23.4 Å². The minimum Gasteiger partial charge on any atom is -0.495 e. The van der Waals surface area contributed by atoms with Gasteiger partial charge in [0, 0.05) is 6.04 Å². The van der Waals surface area contributed by atoms with Crippen molar-refractivity contribution in [3.8, 4) is 11.5 Å². The first kappa shape index (κ1) is 22.6. The van der Waals surface area contributed by atoms with E-state index in [1.165, 1.54) is 23.9 Å². The summed E-state index contributed by atoms with van der Waals surface area (Å²) < 4.78 is 26.2. The second kappa shape index (κ2) is 10.3. The van der Waals surface area contributed by atoms with Crippen molar-refractivity contribution in [2.24, 2.45) is 0 Å². The average molecular weight is 445 g/mol. The highest BCUT2D eigenvalue weighted by Crippen LogP contribution is 2.28. The first-order chi connectivity index (χ1) is 14.9. The van der Waals surface area contributed by atoms with Crippen LogP contribution in [0.2, 0.25) is 0 Å². The number of ether oxygens (including phenoxy) is 2. The number of para-hydroxylation sites is 2. The predicted octanol–water partition coefficient (Wildman–Crippen LogP) is 4.88. The van der Waals surface area contributed by atoms with Gasteiger partial charge in [0.25, 0.3) is 0 Å². The summed E-state index contributed by atoms with van der Waals surface area (Å²) >= 11 is 1.29. The van der Waals surface area contributed by atoms with E-state index in [1.54, 1.807) is 31.4 Å². The number of benzene rings is 2. The standard InChI is InChI=1S/C22H25FN4O3S/c1-14(2)27-21(15(3)30-17-11-9-16(23)10-12-17)25-26-22(27)31-13-20(28)24-18-7-5-6-8-19(18)29-4/h5-12,14-15H,13H2,1-4H3,(H,24,28). The average Bonchev–Trinajstić information content (AvgIpc) is 3.19. The van der Waals surface area contributed by atoms with Gasteiger partial charge in [0.2, 0.25) is 5.91 Å². The number of carbonyl (C=O) groups excluding carboxylic acids is 1. The van der Waals surface area contributed by atoms with Crippen LogP contribution in [0.4, 0.5) is 10.1 Å². The number of nitrogens with zero attached hydrogens (tertiary/aromatic N) is 3. The largest absolute Gasteiger partial charge is 0.495 e.